The second-order valence-corrected chi connectivity index (χ2v) is 7.23. The van der Waals surface area contributed by atoms with Crippen molar-refractivity contribution in [1.29, 1.82) is 0 Å². The first-order valence-corrected chi connectivity index (χ1v) is 8.47. The third-order valence-corrected chi connectivity index (χ3v) is 5.38. The van der Waals surface area contributed by atoms with Crippen LogP contribution in [0.25, 0.3) is 0 Å². The standard InChI is InChI=1S/C11H13BrN2O5S/c12-10-9(20(13,16)17)4-8(19-10)11(15)14-6-3-5-1-2-7(6)18-5/h4-7H,1-3H2,(H,14,15)(H2,13,16,17). The molecule has 20 heavy (non-hydrogen) atoms. The Morgan fingerprint density at radius 2 is 2.20 bits per heavy atom. The van der Waals surface area contributed by atoms with Crippen LogP contribution in [0.15, 0.2) is 20.0 Å². The van der Waals surface area contributed by atoms with Gasteiger partial charge in [0.05, 0.1) is 18.2 Å². The maximum absolute atomic E-state index is 12.1. The van der Waals surface area contributed by atoms with E-state index in [1.807, 2.05) is 0 Å². The van der Waals surface area contributed by atoms with Crippen molar-refractivity contribution in [2.75, 3.05) is 0 Å². The van der Waals surface area contributed by atoms with E-state index in [-0.39, 0.29) is 33.6 Å². The van der Waals surface area contributed by atoms with Crippen LogP contribution < -0.4 is 10.5 Å². The number of nitrogens with one attached hydrogen (secondary N) is 1. The van der Waals surface area contributed by atoms with Gasteiger partial charge in [-0.2, -0.15) is 0 Å². The molecule has 2 saturated heterocycles. The summed E-state index contributed by atoms with van der Waals surface area (Å²) in [6, 6.07) is 1.06. The van der Waals surface area contributed by atoms with Gasteiger partial charge in [-0.05, 0) is 35.2 Å². The smallest absolute Gasteiger partial charge is 0.287 e. The van der Waals surface area contributed by atoms with Gasteiger partial charge >= 0.3 is 0 Å². The summed E-state index contributed by atoms with van der Waals surface area (Å²) in [6.07, 6.45) is 2.99. The van der Waals surface area contributed by atoms with Gasteiger partial charge in [-0.25, -0.2) is 13.6 Å². The van der Waals surface area contributed by atoms with Gasteiger partial charge in [0.2, 0.25) is 10.0 Å². The van der Waals surface area contributed by atoms with Crippen LogP contribution in [-0.4, -0.2) is 32.6 Å². The Kier molecular flexibility index (Phi) is 3.39. The van der Waals surface area contributed by atoms with Crippen molar-refractivity contribution in [3.8, 4) is 0 Å². The van der Waals surface area contributed by atoms with Crippen LogP contribution >= 0.6 is 15.9 Å². The van der Waals surface area contributed by atoms with Gasteiger partial charge in [0.15, 0.2) is 10.4 Å². The molecule has 9 heteroatoms. The monoisotopic (exact) mass is 364 g/mol. The Balaban J connectivity index is 1.75. The molecule has 3 N–H and O–H groups in total. The minimum absolute atomic E-state index is 0.0417. The van der Waals surface area contributed by atoms with E-state index in [2.05, 4.69) is 21.2 Å². The molecule has 1 amide bonds. The topological polar surface area (TPSA) is 112 Å². The Hall–Kier alpha value is -0.900. The lowest BCUT2D eigenvalue weighted by atomic mass is 9.95. The van der Waals surface area contributed by atoms with Crippen LogP contribution in [0.2, 0.25) is 0 Å². The molecular weight excluding hydrogens is 352 g/mol. The molecule has 3 unspecified atom stereocenters. The summed E-state index contributed by atoms with van der Waals surface area (Å²) < 4.78 is 33.2. The summed E-state index contributed by atoms with van der Waals surface area (Å²) in [4.78, 5) is 11.8. The van der Waals surface area contributed by atoms with Crippen molar-refractivity contribution in [2.24, 2.45) is 5.14 Å². The van der Waals surface area contributed by atoms with Gasteiger partial charge in [0, 0.05) is 6.07 Å². The second kappa shape index (κ2) is 4.83. The van der Waals surface area contributed by atoms with E-state index in [4.69, 9.17) is 14.3 Å². The lowest BCUT2D eigenvalue weighted by Crippen LogP contribution is -2.41. The SMILES string of the molecule is NS(=O)(=O)c1cc(C(=O)NC2CC3CCC2O3)oc1Br. The molecular formula is C11H13BrN2O5S. The molecule has 3 rings (SSSR count). The first kappa shape index (κ1) is 14.1. The van der Waals surface area contributed by atoms with Crippen LogP contribution in [0.3, 0.4) is 0 Å². The Morgan fingerprint density at radius 1 is 1.45 bits per heavy atom. The summed E-state index contributed by atoms with van der Waals surface area (Å²) in [6.45, 7) is 0. The summed E-state index contributed by atoms with van der Waals surface area (Å²) >= 11 is 2.94. The third-order valence-electron chi connectivity index (χ3n) is 3.61. The number of primary sulfonamides is 1. The number of halogens is 1. The fourth-order valence-electron chi connectivity index (χ4n) is 2.69. The number of amides is 1. The highest BCUT2D eigenvalue weighted by Gasteiger charge is 2.41. The minimum atomic E-state index is -3.93. The lowest BCUT2D eigenvalue weighted by Gasteiger charge is -2.19. The molecule has 0 spiro atoms. The van der Waals surface area contributed by atoms with Gasteiger partial charge in [-0.15, -0.1) is 0 Å². The fraction of sp³-hybridized carbons (Fsp3) is 0.545. The molecule has 3 atom stereocenters. The number of sulfonamides is 1. The van der Waals surface area contributed by atoms with E-state index < -0.39 is 15.9 Å². The summed E-state index contributed by atoms with van der Waals surface area (Å²) in [7, 11) is -3.93. The molecule has 2 bridgehead atoms. The quantitative estimate of drug-likeness (QED) is 0.821. The molecule has 2 fully saturated rings. The predicted octanol–water partition coefficient (Wildman–Crippen LogP) is 0.739. The molecule has 1 aromatic rings. The molecule has 0 saturated carbocycles. The maximum atomic E-state index is 12.1. The van der Waals surface area contributed by atoms with E-state index in [1.165, 1.54) is 0 Å². The second-order valence-electron chi connectivity index (χ2n) is 4.98. The van der Waals surface area contributed by atoms with Crippen LogP contribution in [0.1, 0.15) is 29.8 Å². The van der Waals surface area contributed by atoms with Crippen molar-refractivity contribution in [2.45, 2.75) is 42.4 Å². The largest absolute Gasteiger partial charge is 0.443 e. The van der Waals surface area contributed by atoms with Crippen LogP contribution in [0.4, 0.5) is 0 Å². The van der Waals surface area contributed by atoms with E-state index in [9.17, 15) is 13.2 Å². The first-order valence-electron chi connectivity index (χ1n) is 6.13. The lowest BCUT2D eigenvalue weighted by molar-refractivity contribution is 0.0820. The molecule has 7 nitrogen and oxygen atoms in total. The molecule has 3 heterocycles. The third kappa shape index (κ3) is 2.50. The minimum Gasteiger partial charge on any atom is -0.443 e. The highest BCUT2D eigenvalue weighted by atomic mass is 79.9. The zero-order valence-corrected chi connectivity index (χ0v) is 12.7. The van der Waals surface area contributed by atoms with Crippen molar-refractivity contribution in [3.63, 3.8) is 0 Å². The van der Waals surface area contributed by atoms with Crippen molar-refractivity contribution in [1.82, 2.24) is 5.32 Å². The number of fused-ring (bicyclic) bond motifs is 2. The van der Waals surface area contributed by atoms with Gasteiger partial charge in [-0.3, -0.25) is 4.79 Å². The predicted molar refractivity (Wildman–Crippen MR) is 71.5 cm³/mol. The molecule has 0 radical (unpaired) electrons. The number of hydrogen-bond donors (Lipinski definition) is 2. The number of carbonyl (C=O) groups excluding carboxylic acids is 1. The highest BCUT2D eigenvalue weighted by Crippen LogP contribution is 2.34. The molecule has 2 aliphatic heterocycles. The maximum Gasteiger partial charge on any atom is 0.287 e. The summed E-state index contributed by atoms with van der Waals surface area (Å²) in [5.41, 5.74) is 0. The zero-order chi connectivity index (χ0) is 14.5. The molecule has 0 aliphatic carbocycles. The van der Waals surface area contributed by atoms with Crippen LogP contribution in [0.5, 0.6) is 0 Å². The zero-order valence-electron chi connectivity index (χ0n) is 10.3. The van der Waals surface area contributed by atoms with E-state index in [0.717, 1.165) is 25.3 Å². The van der Waals surface area contributed by atoms with Crippen molar-refractivity contribution in [3.05, 3.63) is 16.5 Å². The van der Waals surface area contributed by atoms with Crippen LogP contribution in [-0.2, 0) is 14.8 Å². The van der Waals surface area contributed by atoms with Crippen LogP contribution in [0, 0.1) is 0 Å². The normalized spacial score (nSPS) is 28.8. The molecule has 0 aromatic carbocycles. The number of rotatable bonds is 3. The average molecular weight is 365 g/mol. The number of nitrogens with two attached hydrogens (primary N) is 1. The number of furan rings is 1. The van der Waals surface area contributed by atoms with Gasteiger partial charge in [0.1, 0.15) is 4.90 Å². The van der Waals surface area contributed by atoms with Gasteiger partial charge < -0.3 is 14.5 Å². The number of hydrogen-bond acceptors (Lipinski definition) is 5. The average Bonchev–Trinajstić information content (AvgIpc) is 3.01. The number of carbonyl (C=O) groups is 1. The van der Waals surface area contributed by atoms with E-state index >= 15 is 0 Å². The summed E-state index contributed by atoms with van der Waals surface area (Å²) in [5, 5.41) is 7.82. The van der Waals surface area contributed by atoms with Gasteiger partial charge in [0.25, 0.3) is 5.91 Å². The molecule has 1 aromatic heterocycles. The molecule has 2 aliphatic rings. The Bertz CT molecular complexity index is 656. The first-order chi connectivity index (χ1) is 9.34. The Morgan fingerprint density at radius 3 is 2.70 bits per heavy atom. The number of ether oxygens (including phenoxy) is 1. The van der Waals surface area contributed by atoms with E-state index in [0.29, 0.717) is 0 Å². The Labute approximate surface area is 124 Å². The van der Waals surface area contributed by atoms with Crippen molar-refractivity contribution >= 4 is 31.9 Å². The van der Waals surface area contributed by atoms with Gasteiger partial charge in [-0.1, -0.05) is 0 Å². The highest BCUT2D eigenvalue weighted by molar-refractivity contribution is 9.10. The van der Waals surface area contributed by atoms with Crippen molar-refractivity contribution < 1.29 is 22.4 Å². The summed E-state index contributed by atoms with van der Waals surface area (Å²) in [5.74, 6) is -0.564. The van der Waals surface area contributed by atoms with E-state index in [1.54, 1.807) is 0 Å². The molecule has 110 valence electrons. The fourth-order valence-corrected chi connectivity index (χ4v) is 4.19.